The predicted molar refractivity (Wildman–Crippen MR) is 152 cm³/mol. The Labute approximate surface area is 238 Å². The molecule has 206 valence electrons. The summed E-state index contributed by atoms with van der Waals surface area (Å²) in [5.41, 5.74) is 2.22. The van der Waals surface area contributed by atoms with Gasteiger partial charge in [-0.15, -0.1) is 0 Å². The highest BCUT2D eigenvalue weighted by Crippen LogP contribution is 2.34. The third-order valence-electron chi connectivity index (χ3n) is 7.17. The van der Waals surface area contributed by atoms with Crippen molar-refractivity contribution in [2.24, 2.45) is 0 Å². The Morgan fingerprint density at radius 2 is 1.80 bits per heavy atom. The van der Waals surface area contributed by atoms with Gasteiger partial charge in [-0.1, -0.05) is 54.1 Å². The lowest BCUT2D eigenvalue weighted by atomic mass is 9.92. The molecule has 9 heteroatoms. The smallest absolute Gasteiger partial charge is 0.410 e. The normalized spacial score (nSPS) is 20.1. The summed E-state index contributed by atoms with van der Waals surface area (Å²) in [6, 6.07) is 22.4. The second-order valence-corrected chi connectivity index (χ2v) is 10.4. The van der Waals surface area contributed by atoms with Crippen molar-refractivity contribution in [3.8, 4) is 0 Å². The van der Waals surface area contributed by atoms with E-state index in [-0.39, 0.29) is 32.1 Å². The number of anilines is 1. The molecule has 2 heterocycles. The fourth-order valence-corrected chi connectivity index (χ4v) is 4.97. The number of ether oxygens (including phenoxy) is 2. The largest absolute Gasteiger partial charge is 0.490 e. The van der Waals surface area contributed by atoms with Gasteiger partial charge in [-0.05, 0) is 60.5 Å². The first-order chi connectivity index (χ1) is 19.3. The molecule has 0 radical (unpaired) electrons. The highest BCUT2D eigenvalue weighted by Gasteiger charge is 2.38. The Morgan fingerprint density at radius 3 is 2.52 bits per heavy atom. The molecule has 1 N–H and O–H groups in total. The molecule has 2 aliphatic heterocycles. The van der Waals surface area contributed by atoms with Crippen LogP contribution >= 0.6 is 11.6 Å². The average Bonchev–Trinajstić information content (AvgIpc) is 3.44. The number of amides is 3. The number of nitrogens with one attached hydrogen (secondary N) is 1. The lowest BCUT2D eigenvalue weighted by Crippen LogP contribution is -2.60. The van der Waals surface area contributed by atoms with Crippen LogP contribution in [0.5, 0.6) is 0 Å². The van der Waals surface area contributed by atoms with Crippen LogP contribution in [0.1, 0.15) is 34.8 Å². The zero-order chi connectivity index (χ0) is 28.1. The van der Waals surface area contributed by atoms with Crippen molar-refractivity contribution < 1.29 is 23.9 Å². The molecular weight excluding hydrogens is 530 g/mol. The number of hydrogen-bond donors (Lipinski definition) is 1. The van der Waals surface area contributed by atoms with Gasteiger partial charge in [-0.2, -0.15) is 0 Å². The van der Waals surface area contributed by atoms with Crippen LogP contribution in [0, 0.1) is 0 Å². The van der Waals surface area contributed by atoms with Gasteiger partial charge < -0.3 is 19.7 Å². The summed E-state index contributed by atoms with van der Waals surface area (Å²) in [4.78, 5) is 43.2. The average molecular weight is 560 g/mol. The van der Waals surface area contributed by atoms with Gasteiger partial charge in [0, 0.05) is 35.8 Å². The molecule has 0 aliphatic carbocycles. The Morgan fingerprint density at radius 1 is 1.02 bits per heavy atom. The van der Waals surface area contributed by atoms with E-state index in [1.165, 1.54) is 4.90 Å². The van der Waals surface area contributed by atoms with Crippen molar-refractivity contribution in [1.82, 2.24) is 9.80 Å². The Bertz CT molecular complexity index is 1400. The van der Waals surface area contributed by atoms with Crippen LogP contribution in [0.25, 0.3) is 0 Å². The van der Waals surface area contributed by atoms with Crippen molar-refractivity contribution in [3.05, 3.63) is 113 Å². The molecule has 2 atom stereocenters. The van der Waals surface area contributed by atoms with Crippen molar-refractivity contribution in [1.29, 1.82) is 0 Å². The second-order valence-electron chi connectivity index (χ2n) is 10.0. The fourth-order valence-electron chi connectivity index (χ4n) is 4.84. The molecule has 0 saturated carbocycles. The zero-order valence-electron chi connectivity index (χ0n) is 22.1. The van der Waals surface area contributed by atoms with E-state index in [0.717, 1.165) is 11.1 Å². The maximum absolute atomic E-state index is 13.6. The predicted octanol–water partition coefficient (Wildman–Crippen LogP) is 5.59. The van der Waals surface area contributed by atoms with Crippen LogP contribution in [-0.4, -0.2) is 53.4 Å². The van der Waals surface area contributed by atoms with Crippen molar-refractivity contribution in [3.63, 3.8) is 0 Å². The minimum absolute atomic E-state index is 0.0121. The molecule has 3 aromatic rings. The molecule has 5 rings (SSSR count). The van der Waals surface area contributed by atoms with Crippen molar-refractivity contribution >= 4 is 35.2 Å². The molecule has 3 aromatic carbocycles. The number of halogens is 1. The van der Waals surface area contributed by atoms with Gasteiger partial charge in [0.15, 0.2) is 0 Å². The third-order valence-corrected chi connectivity index (χ3v) is 7.43. The SMILES string of the molecule is CC1(c2cccc(C(=O)N3CCN(C(=O)OCc4ccccc4)C(C(=O)Nc4ccc(Cl)cc4)C3)c2)CC=CO1. The van der Waals surface area contributed by atoms with Gasteiger partial charge in [0.25, 0.3) is 5.91 Å². The summed E-state index contributed by atoms with van der Waals surface area (Å²) in [5.74, 6) is -0.652. The van der Waals surface area contributed by atoms with Crippen LogP contribution in [0.15, 0.2) is 91.2 Å². The topological polar surface area (TPSA) is 88.2 Å². The number of nitrogens with zero attached hydrogens (tertiary/aromatic N) is 2. The monoisotopic (exact) mass is 559 g/mol. The highest BCUT2D eigenvalue weighted by molar-refractivity contribution is 6.30. The van der Waals surface area contributed by atoms with E-state index in [9.17, 15) is 14.4 Å². The van der Waals surface area contributed by atoms with Crippen molar-refractivity contribution in [2.45, 2.75) is 31.6 Å². The summed E-state index contributed by atoms with van der Waals surface area (Å²) in [5, 5.41) is 3.38. The van der Waals surface area contributed by atoms with E-state index < -0.39 is 23.6 Å². The van der Waals surface area contributed by atoms with Crippen LogP contribution < -0.4 is 5.32 Å². The first-order valence-electron chi connectivity index (χ1n) is 13.1. The number of hydrogen-bond acceptors (Lipinski definition) is 5. The van der Waals surface area contributed by atoms with E-state index in [1.54, 1.807) is 41.5 Å². The minimum Gasteiger partial charge on any atom is -0.490 e. The Kier molecular flexibility index (Phi) is 8.07. The van der Waals surface area contributed by atoms with Gasteiger partial charge in [0.2, 0.25) is 5.91 Å². The maximum atomic E-state index is 13.6. The molecule has 0 aromatic heterocycles. The van der Waals surface area contributed by atoms with Crippen LogP contribution in [0.4, 0.5) is 10.5 Å². The molecule has 40 heavy (non-hydrogen) atoms. The van der Waals surface area contributed by atoms with E-state index in [2.05, 4.69) is 5.32 Å². The first kappa shape index (κ1) is 27.3. The number of piperazine rings is 1. The summed E-state index contributed by atoms with van der Waals surface area (Å²) < 4.78 is 11.3. The molecule has 0 bridgehead atoms. The summed E-state index contributed by atoms with van der Waals surface area (Å²) >= 11 is 5.98. The molecule has 3 amide bonds. The molecule has 1 fully saturated rings. The lowest BCUT2D eigenvalue weighted by molar-refractivity contribution is -0.122. The van der Waals surface area contributed by atoms with E-state index >= 15 is 0 Å². The van der Waals surface area contributed by atoms with Gasteiger partial charge in [0.05, 0.1) is 12.8 Å². The quantitative estimate of drug-likeness (QED) is 0.425. The molecular formula is C31H30ClN3O5. The Hall–Kier alpha value is -4.30. The highest BCUT2D eigenvalue weighted by atomic mass is 35.5. The maximum Gasteiger partial charge on any atom is 0.410 e. The summed E-state index contributed by atoms with van der Waals surface area (Å²) in [6.45, 7) is 2.46. The van der Waals surface area contributed by atoms with Crippen LogP contribution in [0.2, 0.25) is 5.02 Å². The van der Waals surface area contributed by atoms with E-state index in [4.69, 9.17) is 21.1 Å². The number of benzene rings is 3. The lowest BCUT2D eigenvalue weighted by Gasteiger charge is -2.40. The number of rotatable bonds is 6. The molecule has 8 nitrogen and oxygen atoms in total. The molecule has 0 spiro atoms. The molecule has 1 saturated heterocycles. The fraction of sp³-hybridized carbons (Fsp3) is 0.258. The van der Waals surface area contributed by atoms with E-state index in [0.29, 0.717) is 22.7 Å². The van der Waals surface area contributed by atoms with Gasteiger partial charge in [-0.3, -0.25) is 14.5 Å². The Balaban J connectivity index is 1.33. The minimum atomic E-state index is -0.959. The first-order valence-corrected chi connectivity index (χ1v) is 13.5. The third kappa shape index (κ3) is 6.13. The number of carbonyl (C=O) groups excluding carboxylic acids is 3. The zero-order valence-corrected chi connectivity index (χ0v) is 22.8. The van der Waals surface area contributed by atoms with Gasteiger partial charge in [-0.25, -0.2) is 4.79 Å². The van der Waals surface area contributed by atoms with Crippen molar-refractivity contribution in [2.75, 3.05) is 25.0 Å². The van der Waals surface area contributed by atoms with Crippen LogP contribution in [-0.2, 0) is 26.5 Å². The number of carbonyl (C=O) groups is 3. The summed E-state index contributed by atoms with van der Waals surface area (Å²) in [7, 11) is 0. The molecule has 2 aliphatic rings. The second kappa shape index (κ2) is 11.8. The standard InChI is InChI=1S/C31H30ClN3O5/c1-31(15-6-18-40-31)24-10-5-9-23(19-24)29(37)34-16-17-35(30(38)39-21-22-7-3-2-4-8-22)27(20-34)28(36)33-26-13-11-25(32)12-14-26/h2-14,18-19,27H,15-17,20-21H2,1H3,(H,33,36). The van der Waals surface area contributed by atoms with E-state index in [1.807, 2.05) is 61.5 Å². The summed E-state index contributed by atoms with van der Waals surface area (Å²) in [6.07, 6.45) is 3.72. The van der Waals surface area contributed by atoms with Gasteiger partial charge >= 0.3 is 6.09 Å². The van der Waals surface area contributed by atoms with Crippen LogP contribution in [0.3, 0.4) is 0 Å². The van der Waals surface area contributed by atoms with Gasteiger partial charge in [0.1, 0.15) is 18.2 Å². The molecule has 2 unspecified atom stereocenters.